The van der Waals surface area contributed by atoms with Crippen LogP contribution in [0.1, 0.15) is 5.56 Å². The zero-order valence-electron chi connectivity index (χ0n) is 9.36. The smallest absolute Gasteiger partial charge is 0.347 e. The van der Waals surface area contributed by atoms with Crippen LogP contribution in [0.15, 0.2) is 41.3 Å². The summed E-state index contributed by atoms with van der Waals surface area (Å²) in [6, 6.07) is 5.68. The first-order chi connectivity index (χ1) is 8.31. The monoisotopic (exact) mass is 270 g/mol. The molecule has 0 aliphatic rings. The number of aryl methyl sites for hydroxylation is 1. The van der Waals surface area contributed by atoms with Crippen molar-refractivity contribution in [3.8, 4) is 0 Å². The van der Waals surface area contributed by atoms with Crippen molar-refractivity contribution in [2.24, 2.45) is 0 Å². The summed E-state index contributed by atoms with van der Waals surface area (Å²) in [6.45, 7) is 1.78. The van der Waals surface area contributed by atoms with Crippen molar-refractivity contribution in [3.63, 3.8) is 0 Å². The third-order valence-corrected chi connectivity index (χ3v) is 3.10. The van der Waals surface area contributed by atoms with Gasteiger partial charge in [0.25, 0.3) is 0 Å². The quantitative estimate of drug-likeness (QED) is 0.644. The highest BCUT2D eigenvalue weighted by atomic mass is 32.2. The first kappa shape index (κ1) is 13.9. The third-order valence-electron chi connectivity index (χ3n) is 1.86. The zero-order chi connectivity index (χ0) is 13.8. The minimum absolute atomic E-state index is 0.176. The maximum atomic E-state index is 11.6. The van der Waals surface area contributed by atoms with Crippen molar-refractivity contribution in [2.75, 3.05) is 0 Å². The first-order valence-corrected chi connectivity index (χ1v) is 6.18. The van der Waals surface area contributed by atoms with Gasteiger partial charge in [-0.15, -0.1) is 0 Å². The summed E-state index contributed by atoms with van der Waals surface area (Å²) in [5.74, 6) is -2.64. The van der Waals surface area contributed by atoms with E-state index in [1.165, 1.54) is 12.1 Å². The molecule has 0 radical (unpaired) electrons. The molecule has 0 fully saturated rings. The van der Waals surface area contributed by atoms with Crippen molar-refractivity contribution in [3.05, 3.63) is 42.0 Å². The Morgan fingerprint density at radius 3 is 2.22 bits per heavy atom. The first-order valence-electron chi connectivity index (χ1n) is 4.77. The molecule has 1 aromatic carbocycles. The Balaban J connectivity index is 2.86. The number of benzene rings is 1. The summed E-state index contributed by atoms with van der Waals surface area (Å²) in [7, 11) is -4.22. The number of hydrogen-bond donors (Lipinski definition) is 1. The van der Waals surface area contributed by atoms with Gasteiger partial charge < -0.3 is 9.29 Å². The van der Waals surface area contributed by atoms with Gasteiger partial charge in [0.2, 0.25) is 0 Å². The van der Waals surface area contributed by atoms with E-state index in [2.05, 4.69) is 4.18 Å². The third kappa shape index (κ3) is 4.02. The number of hydrogen-bond acceptors (Lipinski definition) is 5. The average Bonchev–Trinajstić information content (AvgIpc) is 2.26. The highest BCUT2D eigenvalue weighted by Gasteiger charge is 2.18. The molecule has 7 heteroatoms. The Labute approximate surface area is 104 Å². The molecule has 0 saturated heterocycles. The van der Waals surface area contributed by atoms with Gasteiger partial charge in [0.05, 0.1) is 0 Å². The highest BCUT2D eigenvalue weighted by Crippen LogP contribution is 2.13. The van der Waals surface area contributed by atoms with Gasteiger partial charge >= 0.3 is 22.1 Å². The Morgan fingerprint density at radius 1 is 1.17 bits per heavy atom. The van der Waals surface area contributed by atoms with Crippen molar-refractivity contribution >= 4 is 22.1 Å². The summed E-state index contributed by atoms with van der Waals surface area (Å²) >= 11 is 0. The minimum Gasteiger partial charge on any atom is -0.478 e. The van der Waals surface area contributed by atoms with Crippen LogP contribution in [0.4, 0.5) is 0 Å². The predicted octanol–water partition coefficient (Wildman–Crippen LogP) is 0.868. The number of carbonyl (C=O) groups is 2. The molecule has 0 saturated carbocycles. The second-order valence-corrected chi connectivity index (χ2v) is 4.89. The van der Waals surface area contributed by atoms with Crippen LogP contribution in [0.5, 0.6) is 0 Å². The van der Waals surface area contributed by atoms with Crippen molar-refractivity contribution < 1.29 is 27.3 Å². The van der Waals surface area contributed by atoms with E-state index in [-0.39, 0.29) is 4.90 Å². The van der Waals surface area contributed by atoms with Gasteiger partial charge in [-0.2, -0.15) is 8.42 Å². The standard InChI is InChI=1S/C11H10O6S/c1-8-2-4-9(5-3-8)18(15,16)17-11(14)7-6-10(12)13/h2-7H,1H3,(H,12,13)/b7-6-. The summed E-state index contributed by atoms with van der Waals surface area (Å²) in [6.07, 6.45) is 1.01. The van der Waals surface area contributed by atoms with Crippen molar-refractivity contribution in [1.82, 2.24) is 0 Å². The van der Waals surface area contributed by atoms with E-state index < -0.39 is 22.1 Å². The van der Waals surface area contributed by atoms with Gasteiger partial charge in [-0.1, -0.05) is 17.7 Å². The molecule has 18 heavy (non-hydrogen) atoms. The van der Waals surface area contributed by atoms with Gasteiger partial charge in [0, 0.05) is 12.2 Å². The lowest BCUT2D eigenvalue weighted by atomic mass is 10.2. The Hall–Kier alpha value is -2.15. The molecular formula is C11H10O6S. The van der Waals surface area contributed by atoms with Crippen LogP contribution < -0.4 is 0 Å². The number of carboxylic acids is 1. The second kappa shape index (κ2) is 5.46. The normalized spacial score (nSPS) is 11.4. The average molecular weight is 270 g/mol. The summed E-state index contributed by atoms with van der Waals surface area (Å²) in [4.78, 5) is 21.0. The lowest BCUT2D eigenvalue weighted by molar-refractivity contribution is -0.133. The maximum Gasteiger partial charge on any atom is 0.347 e. The van der Waals surface area contributed by atoms with Gasteiger partial charge in [-0.3, -0.25) is 0 Å². The molecule has 1 N–H and O–H groups in total. The lowest BCUT2D eigenvalue weighted by Gasteiger charge is -2.03. The van der Waals surface area contributed by atoms with Gasteiger partial charge in [0.1, 0.15) is 4.90 Å². The molecule has 0 amide bonds. The van der Waals surface area contributed by atoms with E-state index in [1.54, 1.807) is 19.1 Å². The van der Waals surface area contributed by atoms with E-state index in [9.17, 15) is 18.0 Å². The molecule has 96 valence electrons. The fraction of sp³-hybridized carbons (Fsp3) is 0.0909. The topological polar surface area (TPSA) is 97.7 Å². The van der Waals surface area contributed by atoms with Crippen LogP contribution >= 0.6 is 0 Å². The molecule has 1 aromatic rings. The summed E-state index contributed by atoms with van der Waals surface area (Å²) < 4.78 is 27.3. The summed E-state index contributed by atoms with van der Waals surface area (Å²) in [5, 5.41) is 8.26. The van der Waals surface area contributed by atoms with E-state index in [0.717, 1.165) is 5.56 Å². The molecule has 0 unspecified atom stereocenters. The molecule has 6 nitrogen and oxygen atoms in total. The molecule has 0 atom stereocenters. The molecule has 0 aliphatic carbocycles. The number of carboxylic acid groups (broad SMARTS) is 1. The van der Waals surface area contributed by atoms with Crippen LogP contribution in [0.3, 0.4) is 0 Å². The highest BCUT2D eigenvalue weighted by molar-refractivity contribution is 7.87. The van der Waals surface area contributed by atoms with Gasteiger partial charge in [0.15, 0.2) is 0 Å². The minimum atomic E-state index is -4.22. The van der Waals surface area contributed by atoms with Crippen molar-refractivity contribution in [1.29, 1.82) is 0 Å². The van der Waals surface area contributed by atoms with Crippen LogP contribution in [0, 0.1) is 6.92 Å². The fourth-order valence-electron chi connectivity index (χ4n) is 1.03. The fourth-order valence-corrected chi connectivity index (χ4v) is 1.87. The lowest BCUT2D eigenvalue weighted by Crippen LogP contribution is -2.11. The van der Waals surface area contributed by atoms with Crippen LogP contribution in [0.25, 0.3) is 0 Å². The molecule has 0 aliphatic heterocycles. The van der Waals surface area contributed by atoms with Gasteiger partial charge in [-0.25, -0.2) is 9.59 Å². The van der Waals surface area contributed by atoms with Gasteiger partial charge in [-0.05, 0) is 19.1 Å². The van der Waals surface area contributed by atoms with E-state index in [1.807, 2.05) is 0 Å². The van der Waals surface area contributed by atoms with Crippen LogP contribution in [-0.4, -0.2) is 25.5 Å². The number of carbonyl (C=O) groups excluding carboxylic acids is 1. The van der Waals surface area contributed by atoms with Crippen molar-refractivity contribution in [2.45, 2.75) is 11.8 Å². The molecule has 0 heterocycles. The molecule has 0 spiro atoms. The molecule has 0 bridgehead atoms. The zero-order valence-corrected chi connectivity index (χ0v) is 10.2. The second-order valence-electron chi connectivity index (χ2n) is 3.34. The summed E-state index contributed by atoms with van der Waals surface area (Å²) in [5.41, 5.74) is 0.853. The van der Waals surface area contributed by atoms with Crippen LogP contribution in [0.2, 0.25) is 0 Å². The van der Waals surface area contributed by atoms with Crippen LogP contribution in [-0.2, 0) is 23.9 Å². The predicted molar refractivity (Wildman–Crippen MR) is 61.2 cm³/mol. The van der Waals surface area contributed by atoms with E-state index >= 15 is 0 Å². The maximum absolute atomic E-state index is 11.6. The Kier molecular flexibility index (Phi) is 4.22. The molecular weight excluding hydrogens is 260 g/mol. The SMILES string of the molecule is Cc1ccc(S(=O)(=O)OC(=O)/C=C\C(=O)O)cc1. The Morgan fingerprint density at radius 2 is 1.72 bits per heavy atom. The Bertz CT molecular complexity index is 582. The largest absolute Gasteiger partial charge is 0.478 e. The van der Waals surface area contributed by atoms with E-state index in [0.29, 0.717) is 12.2 Å². The number of aliphatic carboxylic acids is 1. The molecule has 0 aromatic heterocycles. The van der Waals surface area contributed by atoms with E-state index in [4.69, 9.17) is 5.11 Å². The molecule has 1 rings (SSSR count). The number of rotatable bonds is 4.